The van der Waals surface area contributed by atoms with E-state index in [-0.39, 0.29) is 5.91 Å². The molecule has 0 radical (unpaired) electrons. The van der Waals surface area contributed by atoms with Gasteiger partial charge in [-0.3, -0.25) is 4.79 Å². The number of benzene rings is 1. The summed E-state index contributed by atoms with van der Waals surface area (Å²) in [4.78, 5) is 15.4. The molecule has 1 aromatic carbocycles. The van der Waals surface area contributed by atoms with E-state index in [1.807, 2.05) is 6.07 Å². The molecular formula is C21H33N3O3+2. The van der Waals surface area contributed by atoms with Crippen molar-refractivity contribution >= 4 is 5.91 Å². The van der Waals surface area contributed by atoms with Crippen LogP contribution in [0.25, 0.3) is 0 Å². The van der Waals surface area contributed by atoms with E-state index in [1.165, 1.54) is 29.7 Å². The van der Waals surface area contributed by atoms with Gasteiger partial charge in [0.15, 0.2) is 18.0 Å². The van der Waals surface area contributed by atoms with Gasteiger partial charge in [0.05, 0.1) is 0 Å². The smallest absolute Gasteiger partial charge is 0.275 e. The van der Waals surface area contributed by atoms with Gasteiger partial charge >= 0.3 is 0 Å². The molecule has 0 spiro atoms. The Bertz CT molecular complexity index is 658. The van der Waals surface area contributed by atoms with Crippen molar-refractivity contribution in [2.75, 3.05) is 39.5 Å². The molecule has 148 valence electrons. The summed E-state index contributed by atoms with van der Waals surface area (Å²) in [6.07, 6.45) is 4.96. The van der Waals surface area contributed by atoms with Crippen molar-refractivity contribution in [2.45, 2.75) is 45.2 Å². The molecule has 1 amide bonds. The fraction of sp³-hybridized carbons (Fsp3) is 0.667. The maximum Gasteiger partial charge on any atom is 0.275 e. The van der Waals surface area contributed by atoms with Crippen LogP contribution in [0.2, 0.25) is 0 Å². The minimum atomic E-state index is 0.239. The van der Waals surface area contributed by atoms with Crippen LogP contribution < -0.4 is 24.6 Å². The molecule has 27 heavy (non-hydrogen) atoms. The molecule has 3 aliphatic rings. The highest BCUT2D eigenvalue weighted by Gasteiger charge is 2.28. The number of piperazine rings is 1. The average Bonchev–Trinajstić information content (AvgIpc) is 3.13. The number of hydrogen-bond acceptors (Lipinski definition) is 3. The van der Waals surface area contributed by atoms with Crippen LogP contribution in [0.4, 0.5) is 0 Å². The molecule has 6 heteroatoms. The molecule has 0 bridgehead atoms. The van der Waals surface area contributed by atoms with Gasteiger partial charge in [0, 0.05) is 11.6 Å². The third kappa shape index (κ3) is 4.74. The normalized spacial score (nSPS) is 30.1. The van der Waals surface area contributed by atoms with Crippen LogP contribution in [0.1, 0.15) is 38.2 Å². The first-order valence-electron chi connectivity index (χ1n) is 10.5. The summed E-state index contributed by atoms with van der Waals surface area (Å²) >= 11 is 0. The van der Waals surface area contributed by atoms with Crippen molar-refractivity contribution < 1.29 is 24.1 Å². The van der Waals surface area contributed by atoms with Crippen molar-refractivity contribution in [1.82, 2.24) is 5.32 Å². The van der Waals surface area contributed by atoms with E-state index in [2.05, 4.69) is 24.4 Å². The van der Waals surface area contributed by atoms with Crippen LogP contribution in [0.3, 0.4) is 0 Å². The van der Waals surface area contributed by atoms with E-state index >= 15 is 0 Å². The first-order valence-corrected chi connectivity index (χ1v) is 10.5. The molecule has 6 nitrogen and oxygen atoms in total. The van der Waals surface area contributed by atoms with Crippen molar-refractivity contribution in [3.63, 3.8) is 0 Å². The van der Waals surface area contributed by atoms with E-state index in [1.54, 1.807) is 4.90 Å². The molecular weight excluding hydrogens is 342 g/mol. The number of carbonyl (C=O) groups is 1. The third-order valence-corrected chi connectivity index (χ3v) is 6.42. The van der Waals surface area contributed by atoms with Crippen LogP contribution in [-0.2, 0) is 11.3 Å². The largest absolute Gasteiger partial charge is 0.454 e. The van der Waals surface area contributed by atoms with E-state index in [9.17, 15) is 4.79 Å². The number of carbonyl (C=O) groups excluding carboxylic acids is 1. The molecule has 2 aliphatic heterocycles. The lowest BCUT2D eigenvalue weighted by atomic mass is 9.86. The van der Waals surface area contributed by atoms with Crippen LogP contribution >= 0.6 is 0 Å². The summed E-state index contributed by atoms with van der Waals surface area (Å²) in [6.45, 7) is 8.58. The fourth-order valence-electron chi connectivity index (χ4n) is 4.67. The molecule has 3 N–H and O–H groups in total. The zero-order chi connectivity index (χ0) is 18.6. The predicted octanol–water partition coefficient (Wildman–Crippen LogP) is -0.606. The monoisotopic (exact) mass is 375 g/mol. The second-order valence-electron chi connectivity index (χ2n) is 8.48. The van der Waals surface area contributed by atoms with Gasteiger partial charge in [0.25, 0.3) is 5.91 Å². The molecule has 0 unspecified atom stereocenters. The minimum absolute atomic E-state index is 0.239. The topological polar surface area (TPSA) is 56.4 Å². The van der Waals surface area contributed by atoms with Gasteiger partial charge in [-0.05, 0) is 37.0 Å². The molecule has 1 saturated carbocycles. The quantitative estimate of drug-likeness (QED) is 0.644. The molecule has 2 heterocycles. The first-order chi connectivity index (χ1) is 13.2. The summed E-state index contributed by atoms with van der Waals surface area (Å²) in [5.74, 6) is 2.58. The summed E-state index contributed by atoms with van der Waals surface area (Å²) in [7, 11) is 0. The Morgan fingerprint density at radius 2 is 1.81 bits per heavy atom. The van der Waals surface area contributed by atoms with Crippen LogP contribution in [0, 0.1) is 5.92 Å². The van der Waals surface area contributed by atoms with E-state index in [0.717, 1.165) is 50.6 Å². The Hall–Kier alpha value is -1.79. The fourth-order valence-corrected chi connectivity index (χ4v) is 4.67. The average molecular weight is 376 g/mol. The molecule has 4 rings (SSSR count). The highest BCUT2D eigenvalue weighted by Crippen LogP contribution is 2.32. The number of nitrogens with one attached hydrogen (secondary N) is 3. The number of fused-ring (bicyclic) bond motifs is 1. The molecule has 1 aliphatic carbocycles. The van der Waals surface area contributed by atoms with Crippen molar-refractivity contribution in [3.05, 3.63) is 23.8 Å². The number of hydrogen-bond donors (Lipinski definition) is 3. The van der Waals surface area contributed by atoms with Crippen LogP contribution in [0.5, 0.6) is 11.5 Å². The molecule has 2 atom stereocenters. The van der Waals surface area contributed by atoms with E-state index in [4.69, 9.17) is 9.47 Å². The minimum Gasteiger partial charge on any atom is -0.454 e. The summed E-state index contributed by atoms with van der Waals surface area (Å²) in [5.41, 5.74) is 1.29. The maximum atomic E-state index is 12.4. The maximum absolute atomic E-state index is 12.4. The molecule has 0 aromatic heterocycles. The molecule has 1 saturated heterocycles. The Morgan fingerprint density at radius 3 is 2.63 bits per heavy atom. The lowest BCUT2D eigenvalue weighted by Crippen LogP contribution is -3.28. The first kappa shape index (κ1) is 18.6. The van der Waals surface area contributed by atoms with Crippen molar-refractivity contribution in [3.8, 4) is 11.5 Å². The Morgan fingerprint density at radius 1 is 1.07 bits per heavy atom. The SMILES string of the molecule is C[C@@H]1CCCC[C@H]1NC(=O)C[NH+]1CC[NH+](Cc2ccc3c(c2)OCO3)CC1. The number of ether oxygens (including phenoxy) is 2. The second kappa shape index (κ2) is 8.48. The molecule has 2 fully saturated rings. The number of quaternary nitrogens is 2. The standard InChI is InChI=1S/C21H31N3O3/c1-16-4-2-3-5-18(16)22-21(25)14-24-10-8-23(9-11-24)13-17-6-7-19-20(12-17)27-15-26-19/h6-7,12,16,18H,2-5,8-11,13-15H2,1H3,(H,22,25)/p+2/t16-,18-/m1/s1. The molecule has 1 aromatic rings. The summed E-state index contributed by atoms with van der Waals surface area (Å²) in [5, 5.41) is 3.30. The Balaban J connectivity index is 1.20. The van der Waals surface area contributed by atoms with Gasteiger partial charge < -0.3 is 24.6 Å². The van der Waals surface area contributed by atoms with Gasteiger partial charge in [0.1, 0.15) is 32.7 Å². The predicted molar refractivity (Wildman–Crippen MR) is 102 cm³/mol. The number of amides is 1. The lowest BCUT2D eigenvalue weighted by molar-refractivity contribution is -1.02. The highest BCUT2D eigenvalue weighted by atomic mass is 16.7. The van der Waals surface area contributed by atoms with Gasteiger partial charge in [-0.2, -0.15) is 0 Å². The Kier molecular flexibility index (Phi) is 5.83. The lowest BCUT2D eigenvalue weighted by Gasteiger charge is -2.32. The van der Waals surface area contributed by atoms with Gasteiger partial charge in [0.2, 0.25) is 6.79 Å². The highest BCUT2D eigenvalue weighted by molar-refractivity contribution is 5.77. The van der Waals surface area contributed by atoms with Crippen molar-refractivity contribution in [2.24, 2.45) is 5.92 Å². The summed E-state index contributed by atoms with van der Waals surface area (Å²) in [6, 6.07) is 6.64. The zero-order valence-electron chi connectivity index (χ0n) is 16.4. The third-order valence-electron chi connectivity index (χ3n) is 6.42. The van der Waals surface area contributed by atoms with E-state index < -0.39 is 0 Å². The zero-order valence-corrected chi connectivity index (χ0v) is 16.4. The number of rotatable bonds is 5. The summed E-state index contributed by atoms with van der Waals surface area (Å²) < 4.78 is 10.9. The van der Waals surface area contributed by atoms with Crippen molar-refractivity contribution in [1.29, 1.82) is 0 Å². The van der Waals surface area contributed by atoms with Crippen LogP contribution in [0.15, 0.2) is 18.2 Å². The van der Waals surface area contributed by atoms with Gasteiger partial charge in [-0.1, -0.05) is 19.8 Å². The van der Waals surface area contributed by atoms with E-state index in [0.29, 0.717) is 25.3 Å². The second-order valence-corrected chi connectivity index (χ2v) is 8.48. The Labute approximate surface area is 161 Å². The van der Waals surface area contributed by atoms with Gasteiger partial charge in [-0.15, -0.1) is 0 Å². The van der Waals surface area contributed by atoms with Crippen LogP contribution in [-0.4, -0.2) is 51.5 Å². The van der Waals surface area contributed by atoms with Gasteiger partial charge in [-0.25, -0.2) is 0 Å².